The van der Waals surface area contributed by atoms with E-state index >= 15 is 0 Å². The van der Waals surface area contributed by atoms with E-state index in [9.17, 15) is 9.59 Å². The first-order valence-electron chi connectivity index (χ1n) is 12.1. The molecule has 1 aliphatic carbocycles. The number of ether oxygens (including phenoxy) is 1. The number of fused-ring (bicyclic) bond motifs is 1. The molecule has 0 saturated carbocycles. The van der Waals surface area contributed by atoms with Gasteiger partial charge in [-0.15, -0.1) is 0 Å². The summed E-state index contributed by atoms with van der Waals surface area (Å²) in [7, 11) is 0. The second-order valence-electron chi connectivity index (χ2n) is 9.99. The maximum absolute atomic E-state index is 13.4. The van der Waals surface area contributed by atoms with Crippen LogP contribution in [0.3, 0.4) is 0 Å². The Hall–Kier alpha value is -3.86. The first kappa shape index (κ1) is 22.9. The summed E-state index contributed by atoms with van der Waals surface area (Å²) < 4.78 is 5.61. The van der Waals surface area contributed by atoms with Gasteiger partial charge in [0.25, 0.3) is 0 Å². The second-order valence-corrected chi connectivity index (χ2v) is 9.99. The van der Waals surface area contributed by atoms with Crippen molar-refractivity contribution < 1.29 is 14.3 Å². The number of hydrogen-bond donors (Lipinski definition) is 2. The Morgan fingerprint density at radius 3 is 2.40 bits per heavy atom. The minimum absolute atomic E-state index is 0.0308. The molecule has 0 fully saturated rings. The zero-order valence-corrected chi connectivity index (χ0v) is 20.4. The fourth-order valence-corrected chi connectivity index (χ4v) is 5.02. The van der Waals surface area contributed by atoms with Crippen LogP contribution in [0.2, 0.25) is 0 Å². The smallest absolute Gasteiger partial charge is 0.193 e. The van der Waals surface area contributed by atoms with Gasteiger partial charge in [0.2, 0.25) is 0 Å². The van der Waals surface area contributed by atoms with Gasteiger partial charge in [-0.25, -0.2) is 0 Å². The minimum Gasteiger partial charge on any atom is -0.494 e. The molecule has 1 heterocycles. The predicted octanol–water partition coefficient (Wildman–Crippen LogP) is 6.54. The van der Waals surface area contributed by atoms with Gasteiger partial charge >= 0.3 is 0 Å². The molecule has 0 aromatic heterocycles. The number of benzene rings is 3. The van der Waals surface area contributed by atoms with Crippen molar-refractivity contribution in [3.05, 3.63) is 101 Å². The Labute approximate surface area is 206 Å². The number of carbonyl (C=O) groups is 2. The standard InChI is InChI=1S/C30H30N2O3/c1-4-35-22-13-10-19(11-14-22)28-27-25(17-30(2,3)18-26(27)33)31-24-16-21(12-15-23(24)32-28)29(34)20-8-6-5-7-9-20/h5-16,28,31-32H,4,17-18H2,1-3H3/t28-/m0/s1. The maximum atomic E-state index is 13.4. The highest BCUT2D eigenvalue weighted by Crippen LogP contribution is 2.45. The fraction of sp³-hybridized carbons (Fsp3) is 0.267. The van der Waals surface area contributed by atoms with Crippen LogP contribution in [0.1, 0.15) is 61.1 Å². The highest BCUT2D eigenvalue weighted by atomic mass is 16.5. The van der Waals surface area contributed by atoms with E-state index in [0.717, 1.165) is 40.4 Å². The Morgan fingerprint density at radius 1 is 0.943 bits per heavy atom. The van der Waals surface area contributed by atoms with Crippen LogP contribution >= 0.6 is 0 Å². The van der Waals surface area contributed by atoms with Crippen molar-refractivity contribution in [2.45, 2.75) is 39.7 Å². The summed E-state index contributed by atoms with van der Waals surface area (Å²) >= 11 is 0. The number of anilines is 2. The van der Waals surface area contributed by atoms with Crippen molar-refractivity contribution in [2.24, 2.45) is 5.41 Å². The Kier molecular flexibility index (Phi) is 5.93. The third-order valence-electron chi connectivity index (χ3n) is 6.64. The molecule has 3 aromatic carbocycles. The highest BCUT2D eigenvalue weighted by Gasteiger charge is 2.38. The molecular weight excluding hydrogens is 436 g/mol. The third-order valence-corrected chi connectivity index (χ3v) is 6.64. The Balaban J connectivity index is 1.58. The summed E-state index contributed by atoms with van der Waals surface area (Å²) in [6.07, 6.45) is 1.25. The number of allylic oxidation sites excluding steroid dienone is 1. The number of nitrogens with one attached hydrogen (secondary N) is 2. The van der Waals surface area contributed by atoms with Crippen LogP contribution in [0.15, 0.2) is 84.1 Å². The molecule has 0 bridgehead atoms. The van der Waals surface area contributed by atoms with E-state index in [4.69, 9.17) is 4.74 Å². The molecule has 0 amide bonds. The van der Waals surface area contributed by atoms with Crippen molar-refractivity contribution in [3.8, 4) is 5.75 Å². The third kappa shape index (κ3) is 4.59. The number of hydrogen-bond acceptors (Lipinski definition) is 5. The molecule has 5 heteroatoms. The molecule has 2 N–H and O–H groups in total. The van der Waals surface area contributed by atoms with Gasteiger partial charge in [0.15, 0.2) is 11.6 Å². The Bertz CT molecular complexity index is 1310. The van der Waals surface area contributed by atoms with E-state index in [-0.39, 0.29) is 23.0 Å². The molecule has 1 aliphatic heterocycles. The average Bonchev–Trinajstić information content (AvgIpc) is 3.00. The van der Waals surface area contributed by atoms with Crippen LogP contribution in [0.4, 0.5) is 11.4 Å². The molecule has 2 aliphatic rings. The molecule has 5 rings (SSSR count). The molecule has 0 spiro atoms. The summed E-state index contributed by atoms with van der Waals surface area (Å²) in [6, 6.07) is 22.5. The summed E-state index contributed by atoms with van der Waals surface area (Å²) in [4.78, 5) is 26.5. The van der Waals surface area contributed by atoms with Crippen LogP contribution in [0, 0.1) is 5.41 Å². The fourth-order valence-electron chi connectivity index (χ4n) is 5.02. The van der Waals surface area contributed by atoms with Gasteiger partial charge in [-0.05, 0) is 54.7 Å². The van der Waals surface area contributed by atoms with Crippen LogP contribution < -0.4 is 15.4 Å². The monoisotopic (exact) mass is 466 g/mol. The lowest BCUT2D eigenvalue weighted by Gasteiger charge is -2.34. The van der Waals surface area contributed by atoms with Crippen molar-refractivity contribution in [1.29, 1.82) is 0 Å². The zero-order chi connectivity index (χ0) is 24.6. The minimum atomic E-state index is -0.297. The molecule has 35 heavy (non-hydrogen) atoms. The van der Waals surface area contributed by atoms with E-state index in [0.29, 0.717) is 24.2 Å². The lowest BCUT2D eigenvalue weighted by atomic mass is 9.73. The molecule has 5 nitrogen and oxygen atoms in total. The maximum Gasteiger partial charge on any atom is 0.193 e. The van der Waals surface area contributed by atoms with Gasteiger partial charge in [0, 0.05) is 28.8 Å². The zero-order valence-electron chi connectivity index (χ0n) is 20.4. The van der Waals surface area contributed by atoms with E-state index < -0.39 is 0 Å². The lowest BCUT2D eigenvalue weighted by Crippen LogP contribution is -2.31. The SMILES string of the molecule is CCOc1ccc([C@@H]2Nc3ccc(C(=O)c4ccccc4)cc3NC3=C2C(=O)CC(C)(C)C3)cc1. The number of carbonyl (C=O) groups excluding carboxylic acids is 2. The molecule has 3 aromatic rings. The lowest BCUT2D eigenvalue weighted by molar-refractivity contribution is -0.118. The number of Topliss-reactive ketones (excluding diaryl/α,β-unsaturated/α-hetero) is 1. The molecule has 1 atom stereocenters. The van der Waals surface area contributed by atoms with Crippen molar-refractivity contribution in [2.75, 3.05) is 17.2 Å². The number of ketones is 2. The topological polar surface area (TPSA) is 67.4 Å². The average molecular weight is 467 g/mol. The Morgan fingerprint density at radius 2 is 1.69 bits per heavy atom. The van der Waals surface area contributed by atoms with Crippen LogP contribution in [-0.4, -0.2) is 18.2 Å². The molecular formula is C30H30N2O3. The largest absolute Gasteiger partial charge is 0.494 e. The van der Waals surface area contributed by atoms with Gasteiger partial charge in [0.05, 0.1) is 24.0 Å². The predicted molar refractivity (Wildman–Crippen MR) is 139 cm³/mol. The van der Waals surface area contributed by atoms with Gasteiger partial charge in [-0.2, -0.15) is 0 Å². The summed E-state index contributed by atoms with van der Waals surface area (Å²) in [5, 5.41) is 7.14. The van der Waals surface area contributed by atoms with E-state index in [1.165, 1.54) is 0 Å². The van der Waals surface area contributed by atoms with E-state index in [2.05, 4.69) is 24.5 Å². The van der Waals surface area contributed by atoms with Crippen LogP contribution in [0.5, 0.6) is 5.75 Å². The molecule has 0 saturated heterocycles. The van der Waals surface area contributed by atoms with E-state index in [1.807, 2.05) is 79.7 Å². The van der Waals surface area contributed by atoms with Gasteiger partial charge in [-0.1, -0.05) is 56.3 Å². The van der Waals surface area contributed by atoms with Gasteiger partial charge < -0.3 is 15.4 Å². The number of rotatable bonds is 5. The van der Waals surface area contributed by atoms with Crippen LogP contribution in [-0.2, 0) is 4.79 Å². The highest BCUT2D eigenvalue weighted by molar-refractivity contribution is 6.10. The van der Waals surface area contributed by atoms with Crippen molar-refractivity contribution in [1.82, 2.24) is 0 Å². The van der Waals surface area contributed by atoms with Crippen molar-refractivity contribution >= 4 is 22.9 Å². The summed E-state index contributed by atoms with van der Waals surface area (Å²) in [5.74, 6) is 0.915. The van der Waals surface area contributed by atoms with E-state index in [1.54, 1.807) is 0 Å². The summed E-state index contributed by atoms with van der Waals surface area (Å²) in [5.41, 5.74) is 5.44. The van der Waals surface area contributed by atoms with Crippen molar-refractivity contribution in [3.63, 3.8) is 0 Å². The molecule has 0 radical (unpaired) electrons. The summed E-state index contributed by atoms with van der Waals surface area (Å²) in [6.45, 7) is 6.80. The van der Waals surface area contributed by atoms with Gasteiger partial charge in [-0.3, -0.25) is 9.59 Å². The quantitative estimate of drug-likeness (QED) is 0.418. The first-order valence-corrected chi connectivity index (χ1v) is 12.1. The normalized spacial score (nSPS) is 18.5. The molecule has 178 valence electrons. The molecule has 0 unspecified atom stereocenters. The van der Waals surface area contributed by atoms with Gasteiger partial charge in [0.1, 0.15) is 5.75 Å². The second kappa shape index (κ2) is 9.06. The first-order chi connectivity index (χ1) is 16.8. The van der Waals surface area contributed by atoms with Crippen LogP contribution in [0.25, 0.3) is 0 Å².